The van der Waals surface area contributed by atoms with E-state index in [2.05, 4.69) is 65.2 Å². The van der Waals surface area contributed by atoms with Gasteiger partial charge >= 0.3 is 0 Å². The number of rotatable bonds is 0. The second-order valence-electron chi connectivity index (χ2n) is 15.2. The quantitative estimate of drug-likeness (QED) is 0.275. The summed E-state index contributed by atoms with van der Waals surface area (Å²) in [7, 11) is 0. The van der Waals surface area contributed by atoms with Crippen molar-refractivity contribution in [3.05, 3.63) is 121 Å². The van der Waals surface area contributed by atoms with Crippen LogP contribution in [0.5, 0.6) is 0 Å². The van der Waals surface area contributed by atoms with Crippen molar-refractivity contribution < 1.29 is 10.2 Å². The Hall–Kier alpha value is -3.56. The van der Waals surface area contributed by atoms with E-state index in [1.165, 1.54) is 0 Å². The molecule has 2 N–H and O–H groups in total. The summed E-state index contributed by atoms with van der Waals surface area (Å²) in [5.41, 5.74) is -2.13. The molecule has 0 radical (unpaired) electrons. The van der Waals surface area contributed by atoms with Crippen LogP contribution in [-0.2, 0) is 0 Å². The van der Waals surface area contributed by atoms with Crippen LogP contribution >= 0.6 is 0 Å². The van der Waals surface area contributed by atoms with Gasteiger partial charge < -0.3 is 10.2 Å². The third-order valence-electron chi connectivity index (χ3n) is 7.21. The van der Waals surface area contributed by atoms with E-state index in [1.807, 2.05) is 139 Å². The van der Waals surface area contributed by atoms with E-state index < -0.39 is 22.0 Å². The monoisotopic (exact) mass is 592 g/mol. The van der Waals surface area contributed by atoms with E-state index in [0.29, 0.717) is 0 Å². The summed E-state index contributed by atoms with van der Waals surface area (Å²) in [4.78, 5) is 0. The SMILES string of the molecule is CC(C)(C)/C1=C/C=C/C=C/C=C/C=C/[C@@](O)(C(C)(C)C)C#C\C(C(C)(C)C)=C/C=C/C=C/C=C/C=C/[C@](O)(C(C)(C)C)C#C1. The summed E-state index contributed by atoms with van der Waals surface area (Å²) >= 11 is 0. The molecule has 0 aliphatic heterocycles. The molecule has 0 unspecified atom stereocenters. The molecule has 1 aliphatic carbocycles. The molecule has 236 valence electrons. The molecule has 0 amide bonds. The van der Waals surface area contributed by atoms with Crippen LogP contribution in [0.4, 0.5) is 0 Å². The molecule has 2 heteroatoms. The van der Waals surface area contributed by atoms with E-state index in [9.17, 15) is 10.2 Å². The Morgan fingerprint density at radius 1 is 0.409 bits per heavy atom. The number of hydrogen-bond donors (Lipinski definition) is 2. The minimum atomic E-state index is -1.31. The van der Waals surface area contributed by atoms with Crippen molar-refractivity contribution in [1.82, 2.24) is 0 Å². The lowest BCUT2D eigenvalue weighted by Gasteiger charge is -2.33. The molecule has 2 nitrogen and oxygen atoms in total. The molecule has 2 atom stereocenters. The van der Waals surface area contributed by atoms with Gasteiger partial charge in [-0.25, -0.2) is 0 Å². The van der Waals surface area contributed by atoms with Crippen molar-refractivity contribution >= 4 is 0 Å². The van der Waals surface area contributed by atoms with E-state index >= 15 is 0 Å². The highest BCUT2D eigenvalue weighted by Gasteiger charge is 2.37. The Bertz CT molecular complexity index is 1280. The Morgan fingerprint density at radius 2 is 0.659 bits per heavy atom. The van der Waals surface area contributed by atoms with Gasteiger partial charge in [0.15, 0.2) is 0 Å². The topological polar surface area (TPSA) is 40.5 Å². The Morgan fingerprint density at radius 3 is 0.909 bits per heavy atom. The van der Waals surface area contributed by atoms with Crippen LogP contribution in [-0.4, -0.2) is 21.4 Å². The van der Waals surface area contributed by atoms with Gasteiger partial charge in [-0.3, -0.25) is 0 Å². The largest absolute Gasteiger partial charge is 0.373 e. The van der Waals surface area contributed by atoms with Crippen LogP contribution in [0.3, 0.4) is 0 Å². The van der Waals surface area contributed by atoms with Gasteiger partial charge in [0.1, 0.15) is 11.2 Å². The predicted octanol–water partition coefficient (Wildman–Crippen LogP) is 9.96. The normalized spacial score (nSPS) is 31.1. The third-order valence-corrected chi connectivity index (χ3v) is 7.21. The average Bonchev–Trinajstić information content (AvgIpc) is 2.86. The zero-order valence-corrected chi connectivity index (χ0v) is 29.3. The maximum atomic E-state index is 11.5. The van der Waals surface area contributed by atoms with E-state index in [-0.39, 0.29) is 10.8 Å². The van der Waals surface area contributed by atoms with Gasteiger partial charge in [0, 0.05) is 22.0 Å². The lowest BCUT2D eigenvalue weighted by Crippen LogP contribution is -2.39. The molecule has 1 rings (SSSR count). The van der Waals surface area contributed by atoms with Crippen molar-refractivity contribution in [1.29, 1.82) is 0 Å². The fourth-order valence-corrected chi connectivity index (χ4v) is 3.58. The van der Waals surface area contributed by atoms with Gasteiger partial charge in [0.05, 0.1) is 0 Å². The Balaban J connectivity index is 3.69. The van der Waals surface area contributed by atoms with E-state index in [0.717, 1.165) is 11.1 Å². The maximum absolute atomic E-state index is 11.5. The molecule has 44 heavy (non-hydrogen) atoms. The van der Waals surface area contributed by atoms with Crippen molar-refractivity contribution in [2.24, 2.45) is 21.7 Å². The summed E-state index contributed by atoms with van der Waals surface area (Å²) in [5, 5.41) is 23.1. The van der Waals surface area contributed by atoms with Crippen LogP contribution in [0.2, 0.25) is 0 Å². The number of aliphatic hydroxyl groups is 2. The molecular weight excluding hydrogens is 536 g/mol. The summed E-state index contributed by atoms with van der Waals surface area (Å²) < 4.78 is 0. The lowest BCUT2D eigenvalue weighted by atomic mass is 9.76. The van der Waals surface area contributed by atoms with E-state index in [1.54, 1.807) is 12.2 Å². The molecule has 0 heterocycles. The molecule has 0 aromatic carbocycles. The minimum absolute atomic E-state index is 0.190. The molecule has 0 saturated carbocycles. The van der Waals surface area contributed by atoms with Crippen molar-refractivity contribution in [2.75, 3.05) is 0 Å². The van der Waals surface area contributed by atoms with E-state index in [4.69, 9.17) is 0 Å². The molecular formula is C42H56O2. The van der Waals surface area contributed by atoms with Gasteiger partial charge in [-0.05, 0) is 23.0 Å². The molecule has 0 saturated heterocycles. The van der Waals surface area contributed by atoms with Gasteiger partial charge in [-0.2, -0.15) is 0 Å². The fourth-order valence-electron chi connectivity index (χ4n) is 3.58. The van der Waals surface area contributed by atoms with Crippen LogP contribution < -0.4 is 0 Å². The van der Waals surface area contributed by atoms with Crippen LogP contribution in [0.15, 0.2) is 121 Å². The van der Waals surface area contributed by atoms with Crippen LogP contribution in [0, 0.1) is 45.3 Å². The van der Waals surface area contributed by atoms with Crippen molar-refractivity contribution in [2.45, 2.75) is 94.3 Å². The smallest absolute Gasteiger partial charge is 0.149 e. The predicted molar refractivity (Wildman–Crippen MR) is 193 cm³/mol. The standard InChI is InChI=1S/C42H56O2/c1-37(2,3)35-27-23-19-15-13-17-22-26-32-42(44,40(10,11)12)34-30-36(38(4,5)6)28-24-20-16-14-18-21-25-31-41(43,33-29-35)39(7,8)9/h13-28,31-32,43-44H,1-12H3/b15-13+,16-14+,21-18+,22-17+,23-19+,24-20+,31-25+,32-26+,35-27+,36-28+/t41-,42+. The first-order valence-electron chi connectivity index (χ1n) is 15.4. The molecule has 0 bridgehead atoms. The molecule has 0 fully saturated rings. The lowest BCUT2D eigenvalue weighted by molar-refractivity contribution is 0.0398. The van der Waals surface area contributed by atoms with Gasteiger partial charge in [0.2, 0.25) is 0 Å². The maximum Gasteiger partial charge on any atom is 0.149 e. The minimum Gasteiger partial charge on any atom is -0.373 e. The summed E-state index contributed by atoms with van der Waals surface area (Å²) in [5.74, 6) is 12.9. The third kappa shape index (κ3) is 13.0. The molecule has 1 aliphatic rings. The van der Waals surface area contributed by atoms with Crippen LogP contribution in [0.1, 0.15) is 83.1 Å². The van der Waals surface area contributed by atoms with Crippen molar-refractivity contribution in [3.63, 3.8) is 0 Å². The molecule has 0 aromatic heterocycles. The highest BCUT2D eigenvalue weighted by molar-refractivity contribution is 5.43. The van der Waals surface area contributed by atoms with Crippen molar-refractivity contribution in [3.8, 4) is 23.7 Å². The number of allylic oxidation sites excluding steroid dienone is 18. The first kappa shape index (κ1) is 38.5. The van der Waals surface area contributed by atoms with Gasteiger partial charge in [-0.1, -0.05) is 204 Å². The second-order valence-corrected chi connectivity index (χ2v) is 15.2. The Labute approximate surface area is 269 Å². The summed E-state index contributed by atoms with van der Waals surface area (Å²) in [6, 6.07) is 0. The van der Waals surface area contributed by atoms with Gasteiger partial charge in [0.25, 0.3) is 0 Å². The average molecular weight is 593 g/mol. The summed E-state index contributed by atoms with van der Waals surface area (Å²) in [6.45, 7) is 24.6. The molecule has 0 aromatic rings. The fraction of sp³-hybridized carbons (Fsp3) is 0.429. The van der Waals surface area contributed by atoms with Crippen LogP contribution in [0.25, 0.3) is 0 Å². The first-order chi connectivity index (χ1) is 20.1. The molecule has 0 spiro atoms. The zero-order valence-electron chi connectivity index (χ0n) is 29.3. The highest BCUT2D eigenvalue weighted by atomic mass is 16.3. The summed E-state index contributed by atoms with van der Waals surface area (Å²) in [6.07, 6.45) is 34.4. The zero-order chi connectivity index (χ0) is 33.7. The van der Waals surface area contributed by atoms with Gasteiger partial charge in [-0.15, -0.1) is 0 Å². The Kier molecular flexibility index (Phi) is 13.9. The number of hydrogen-bond acceptors (Lipinski definition) is 2. The second kappa shape index (κ2) is 16.0. The highest BCUT2D eigenvalue weighted by Crippen LogP contribution is 2.33. The first-order valence-corrected chi connectivity index (χ1v) is 15.4.